The number of hydrogen-bond donors (Lipinski definition) is 2. The summed E-state index contributed by atoms with van der Waals surface area (Å²) in [5.41, 5.74) is 5.69. The van der Waals surface area contributed by atoms with Gasteiger partial charge in [-0.2, -0.15) is 0 Å². The highest BCUT2D eigenvalue weighted by atomic mass is 79.9. The van der Waals surface area contributed by atoms with E-state index in [4.69, 9.17) is 4.74 Å². The summed E-state index contributed by atoms with van der Waals surface area (Å²) in [4.78, 5) is 3.52. The van der Waals surface area contributed by atoms with Crippen LogP contribution in [0.25, 0.3) is 10.9 Å². The Morgan fingerprint density at radius 2 is 1.63 bits per heavy atom. The van der Waals surface area contributed by atoms with E-state index in [1.807, 2.05) is 24.3 Å². The van der Waals surface area contributed by atoms with Crippen molar-refractivity contribution < 1.29 is 4.74 Å². The Hall–Kier alpha value is -2.72. The summed E-state index contributed by atoms with van der Waals surface area (Å²) >= 11 is 3.51. The molecule has 4 rings (SSSR count). The van der Waals surface area contributed by atoms with Gasteiger partial charge in [-0.1, -0.05) is 52.3 Å². The standard InChI is InChI=1S/C23H21BrN2O/c1-15-22(18-7-3-5-9-20(18)25-15)23(19-8-4-6-10-21(19)27-2)26-17-13-11-16(24)12-14-17/h3-14,23,25-26H,1-2H3/t23-/m1/s1. The summed E-state index contributed by atoms with van der Waals surface area (Å²) in [5.74, 6) is 0.872. The van der Waals surface area contributed by atoms with Gasteiger partial charge in [0.05, 0.1) is 13.2 Å². The van der Waals surface area contributed by atoms with E-state index in [-0.39, 0.29) is 6.04 Å². The highest BCUT2D eigenvalue weighted by Crippen LogP contribution is 2.38. The van der Waals surface area contributed by atoms with Crippen molar-refractivity contribution in [1.29, 1.82) is 0 Å². The summed E-state index contributed by atoms with van der Waals surface area (Å²) in [7, 11) is 1.72. The lowest BCUT2D eigenvalue weighted by molar-refractivity contribution is 0.408. The minimum atomic E-state index is -0.0431. The molecule has 0 saturated heterocycles. The number of methoxy groups -OCH3 is 1. The van der Waals surface area contributed by atoms with E-state index < -0.39 is 0 Å². The first-order valence-electron chi connectivity index (χ1n) is 8.89. The van der Waals surface area contributed by atoms with E-state index in [2.05, 4.69) is 81.7 Å². The van der Waals surface area contributed by atoms with Crippen LogP contribution in [0.3, 0.4) is 0 Å². The normalized spacial score (nSPS) is 12.1. The van der Waals surface area contributed by atoms with Gasteiger partial charge in [-0.25, -0.2) is 0 Å². The zero-order chi connectivity index (χ0) is 18.8. The Morgan fingerprint density at radius 3 is 2.41 bits per heavy atom. The molecule has 1 atom stereocenters. The summed E-state index contributed by atoms with van der Waals surface area (Å²) < 4.78 is 6.74. The highest BCUT2D eigenvalue weighted by Gasteiger charge is 2.23. The number of benzene rings is 3. The van der Waals surface area contributed by atoms with Gasteiger partial charge >= 0.3 is 0 Å². The molecule has 3 aromatic carbocycles. The first-order valence-corrected chi connectivity index (χ1v) is 9.69. The van der Waals surface area contributed by atoms with Crippen LogP contribution in [-0.4, -0.2) is 12.1 Å². The Bertz CT molecular complexity index is 1070. The Morgan fingerprint density at radius 1 is 0.926 bits per heavy atom. The molecule has 2 N–H and O–H groups in total. The van der Waals surface area contributed by atoms with E-state index in [1.165, 1.54) is 10.9 Å². The quantitative estimate of drug-likeness (QED) is 0.389. The Balaban J connectivity index is 1.89. The molecule has 1 aromatic heterocycles. The van der Waals surface area contributed by atoms with Crippen LogP contribution >= 0.6 is 15.9 Å². The zero-order valence-corrected chi connectivity index (χ0v) is 16.9. The monoisotopic (exact) mass is 420 g/mol. The molecule has 0 aliphatic heterocycles. The Labute approximate surface area is 167 Å². The van der Waals surface area contributed by atoms with Crippen LogP contribution in [0.15, 0.2) is 77.3 Å². The van der Waals surface area contributed by atoms with Gasteiger partial charge in [0, 0.05) is 37.9 Å². The second-order valence-corrected chi connectivity index (χ2v) is 7.45. The van der Waals surface area contributed by atoms with Crippen LogP contribution in [-0.2, 0) is 0 Å². The van der Waals surface area contributed by atoms with E-state index in [9.17, 15) is 0 Å². The van der Waals surface area contributed by atoms with Crippen molar-refractivity contribution in [2.75, 3.05) is 12.4 Å². The molecule has 0 unspecified atom stereocenters. The van der Waals surface area contributed by atoms with E-state index in [0.29, 0.717) is 0 Å². The van der Waals surface area contributed by atoms with Gasteiger partial charge in [0.25, 0.3) is 0 Å². The molecule has 0 fully saturated rings. The maximum Gasteiger partial charge on any atom is 0.124 e. The summed E-state index contributed by atoms with van der Waals surface area (Å²) in [6.07, 6.45) is 0. The molecule has 0 saturated carbocycles. The molecule has 0 radical (unpaired) electrons. The molecular weight excluding hydrogens is 400 g/mol. The average molecular weight is 421 g/mol. The molecule has 4 heteroatoms. The van der Waals surface area contributed by atoms with Gasteiger partial charge in [-0.05, 0) is 43.3 Å². The molecule has 0 bridgehead atoms. The van der Waals surface area contributed by atoms with Crippen molar-refractivity contribution in [3.8, 4) is 5.75 Å². The molecule has 0 amide bonds. The van der Waals surface area contributed by atoms with Crippen LogP contribution < -0.4 is 10.1 Å². The van der Waals surface area contributed by atoms with E-state index in [0.717, 1.165) is 32.7 Å². The molecule has 4 aromatic rings. The van der Waals surface area contributed by atoms with Gasteiger partial charge in [-0.3, -0.25) is 0 Å². The van der Waals surface area contributed by atoms with E-state index in [1.54, 1.807) is 7.11 Å². The van der Waals surface area contributed by atoms with Gasteiger partial charge in [-0.15, -0.1) is 0 Å². The minimum Gasteiger partial charge on any atom is -0.496 e. The number of anilines is 1. The van der Waals surface area contributed by atoms with Crippen molar-refractivity contribution in [2.45, 2.75) is 13.0 Å². The second kappa shape index (κ2) is 7.49. The highest BCUT2D eigenvalue weighted by molar-refractivity contribution is 9.10. The third kappa shape index (κ3) is 3.45. The topological polar surface area (TPSA) is 37.0 Å². The molecule has 136 valence electrons. The van der Waals surface area contributed by atoms with Gasteiger partial charge < -0.3 is 15.0 Å². The summed E-state index contributed by atoms with van der Waals surface area (Å²) in [6, 6.07) is 24.8. The number of nitrogens with one attached hydrogen (secondary N) is 2. The number of aryl methyl sites for hydroxylation is 1. The third-order valence-corrected chi connectivity index (χ3v) is 5.37. The lowest BCUT2D eigenvalue weighted by Crippen LogP contribution is -2.14. The zero-order valence-electron chi connectivity index (χ0n) is 15.3. The van der Waals surface area contributed by atoms with Crippen LogP contribution in [0.4, 0.5) is 5.69 Å². The molecular formula is C23H21BrN2O. The SMILES string of the molecule is COc1ccccc1[C@@H](Nc1ccc(Br)cc1)c1c(C)[nH]c2ccccc12. The van der Waals surface area contributed by atoms with Gasteiger partial charge in [0.2, 0.25) is 0 Å². The van der Waals surface area contributed by atoms with Gasteiger partial charge in [0.1, 0.15) is 5.75 Å². The fraction of sp³-hybridized carbons (Fsp3) is 0.130. The van der Waals surface area contributed by atoms with Crippen LogP contribution in [0.2, 0.25) is 0 Å². The van der Waals surface area contributed by atoms with Gasteiger partial charge in [0.15, 0.2) is 0 Å². The number of rotatable bonds is 5. The smallest absolute Gasteiger partial charge is 0.124 e. The van der Waals surface area contributed by atoms with Crippen molar-refractivity contribution in [3.05, 3.63) is 94.1 Å². The number of fused-ring (bicyclic) bond motifs is 1. The number of para-hydroxylation sites is 2. The number of H-pyrrole nitrogens is 1. The maximum atomic E-state index is 5.68. The minimum absolute atomic E-state index is 0.0431. The number of aromatic amines is 1. The second-order valence-electron chi connectivity index (χ2n) is 6.54. The number of halogens is 1. The molecule has 0 aliphatic carbocycles. The first-order chi connectivity index (χ1) is 13.2. The third-order valence-electron chi connectivity index (χ3n) is 4.84. The predicted octanol–water partition coefficient (Wildman–Crippen LogP) is 6.45. The van der Waals surface area contributed by atoms with Crippen molar-refractivity contribution in [3.63, 3.8) is 0 Å². The fourth-order valence-electron chi connectivity index (χ4n) is 3.59. The fourth-order valence-corrected chi connectivity index (χ4v) is 3.86. The first kappa shape index (κ1) is 17.7. The van der Waals surface area contributed by atoms with E-state index >= 15 is 0 Å². The lowest BCUT2D eigenvalue weighted by atomic mass is 9.95. The molecule has 3 nitrogen and oxygen atoms in total. The number of aromatic nitrogens is 1. The lowest BCUT2D eigenvalue weighted by Gasteiger charge is -2.23. The average Bonchev–Trinajstić information content (AvgIpc) is 3.03. The van der Waals surface area contributed by atoms with Crippen LogP contribution in [0.1, 0.15) is 22.9 Å². The molecule has 0 spiro atoms. The molecule has 0 aliphatic rings. The Kier molecular flexibility index (Phi) is 4.90. The van der Waals surface area contributed by atoms with Crippen molar-refractivity contribution >= 4 is 32.5 Å². The molecule has 1 heterocycles. The van der Waals surface area contributed by atoms with Crippen LogP contribution in [0.5, 0.6) is 5.75 Å². The number of hydrogen-bond acceptors (Lipinski definition) is 2. The summed E-state index contributed by atoms with van der Waals surface area (Å²) in [5, 5.41) is 4.93. The summed E-state index contributed by atoms with van der Waals surface area (Å²) in [6.45, 7) is 2.13. The van der Waals surface area contributed by atoms with Crippen molar-refractivity contribution in [1.82, 2.24) is 4.98 Å². The maximum absolute atomic E-state index is 5.68. The molecule has 27 heavy (non-hydrogen) atoms. The predicted molar refractivity (Wildman–Crippen MR) is 116 cm³/mol. The van der Waals surface area contributed by atoms with Crippen LogP contribution in [0, 0.1) is 6.92 Å². The van der Waals surface area contributed by atoms with Crippen molar-refractivity contribution in [2.24, 2.45) is 0 Å². The number of ether oxygens (including phenoxy) is 1. The largest absolute Gasteiger partial charge is 0.496 e.